The van der Waals surface area contributed by atoms with Gasteiger partial charge in [-0.25, -0.2) is 4.79 Å². The van der Waals surface area contributed by atoms with Crippen LogP contribution in [0.1, 0.15) is 39.7 Å². The number of piperidine rings is 1. The Morgan fingerprint density at radius 2 is 2.00 bits per heavy atom. The number of nitrogens with zero attached hydrogens (tertiary/aromatic N) is 4. The van der Waals surface area contributed by atoms with Gasteiger partial charge in [-0.05, 0) is 45.7 Å². The molecule has 7 nitrogen and oxygen atoms in total. The lowest BCUT2D eigenvalue weighted by Crippen LogP contribution is -2.42. The highest BCUT2D eigenvalue weighted by Gasteiger charge is 2.27. The Hall–Kier alpha value is -2.57. The molecule has 0 radical (unpaired) electrons. The van der Waals surface area contributed by atoms with Crippen molar-refractivity contribution < 1.29 is 14.6 Å². The topological polar surface area (TPSA) is 80.5 Å². The minimum Gasteiger partial charge on any atom is -0.506 e. The zero-order valence-corrected chi connectivity index (χ0v) is 14.8. The Balaban J connectivity index is 1.61. The van der Waals surface area contributed by atoms with Gasteiger partial charge in [0.2, 0.25) is 0 Å². The fourth-order valence-electron chi connectivity index (χ4n) is 2.90. The van der Waals surface area contributed by atoms with E-state index in [1.165, 1.54) is 6.20 Å². The third-order valence-electron chi connectivity index (χ3n) is 4.12. The number of hydrogen-bond acceptors (Lipinski definition) is 5. The molecule has 134 valence electrons. The zero-order valence-electron chi connectivity index (χ0n) is 14.8. The van der Waals surface area contributed by atoms with E-state index in [1.807, 2.05) is 37.7 Å². The standard InChI is InChI=1S/C18H24N4O3/c1-18(2,3)25-17(24)21-7-4-14(5-8-21)22-9-6-16(20-22)13-10-15(23)12-19-11-13/h6,9-12,14,23H,4-5,7-8H2,1-3H3. The molecule has 3 heterocycles. The largest absolute Gasteiger partial charge is 0.506 e. The number of carbonyl (C=O) groups is 1. The predicted octanol–water partition coefficient (Wildman–Crippen LogP) is 3.22. The van der Waals surface area contributed by atoms with Gasteiger partial charge in [-0.15, -0.1) is 0 Å². The number of rotatable bonds is 2. The van der Waals surface area contributed by atoms with Crippen LogP contribution in [0.4, 0.5) is 4.79 Å². The molecule has 1 amide bonds. The number of likely N-dealkylation sites (tertiary alicyclic amines) is 1. The van der Waals surface area contributed by atoms with Crippen molar-refractivity contribution in [3.05, 3.63) is 30.7 Å². The lowest BCUT2D eigenvalue weighted by Gasteiger charge is -2.33. The van der Waals surface area contributed by atoms with Gasteiger partial charge in [0.1, 0.15) is 11.4 Å². The van der Waals surface area contributed by atoms with Crippen LogP contribution in [0.2, 0.25) is 0 Å². The number of ether oxygens (including phenoxy) is 1. The first-order chi connectivity index (χ1) is 11.8. The lowest BCUT2D eigenvalue weighted by molar-refractivity contribution is 0.0185. The van der Waals surface area contributed by atoms with E-state index in [1.54, 1.807) is 17.2 Å². The molecule has 25 heavy (non-hydrogen) atoms. The first-order valence-electron chi connectivity index (χ1n) is 8.49. The molecule has 0 spiro atoms. The molecule has 1 fully saturated rings. The van der Waals surface area contributed by atoms with E-state index in [4.69, 9.17) is 4.74 Å². The summed E-state index contributed by atoms with van der Waals surface area (Å²) in [5.74, 6) is 0.123. The van der Waals surface area contributed by atoms with Crippen molar-refractivity contribution >= 4 is 6.09 Å². The van der Waals surface area contributed by atoms with E-state index in [9.17, 15) is 9.90 Å². The van der Waals surface area contributed by atoms with Crippen LogP contribution in [-0.4, -0.2) is 49.6 Å². The molecule has 7 heteroatoms. The average molecular weight is 344 g/mol. The Labute approximate surface area is 147 Å². The molecule has 1 aliphatic heterocycles. The third-order valence-corrected chi connectivity index (χ3v) is 4.12. The summed E-state index contributed by atoms with van der Waals surface area (Å²) in [4.78, 5) is 17.9. The first kappa shape index (κ1) is 17.3. The van der Waals surface area contributed by atoms with Gasteiger partial charge in [0.25, 0.3) is 0 Å². The SMILES string of the molecule is CC(C)(C)OC(=O)N1CCC(n2ccc(-c3cncc(O)c3)n2)CC1. The average Bonchev–Trinajstić information content (AvgIpc) is 3.03. The second-order valence-corrected chi connectivity index (χ2v) is 7.31. The summed E-state index contributed by atoms with van der Waals surface area (Å²) in [6, 6.07) is 3.80. The van der Waals surface area contributed by atoms with E-state index >= 15 is 0 Å². The van der Waals surface area contributed by atoms with Crippen LogP contribution in [-0.2, 0) is 4.74 Å². The molecule has 0 unspecified atom stereocenters. The molecular weight excluding hydrogens is 320 g/mol. The molecule has 0 aromatic carbocycles. The summed E-state index contributed by atoms with van der Waals surface area (Å²) >= 11 is 0. The second-order valence-electron chi connectivity index (χ2n) is 7.31. The van der Waals surface area contributed by atoms with Crippen molar-refractivity contribution in [1.82, 2.24) is 19.7 Å². The fraction of sp³-hybridized carbons (Fsp3) is 0.500. The number of aromatic hydroxyl groups is 1. The summed E-state index contributed by atoms with van der Waals surface area (Å²) in [7, 11) is 0. The molecule has 1 N–H and O–H groups in total. The maximum Gasteiger partial charge on any atom is 0.410 e. The minimum atomic E-state index is -0.472. The van der Waals surface area contributed by atoms with Gasteiger partial charge in [0.05, 0.1) is 17.9 Å². The van der Waals surface area contributed by atoms with Crippen LogP contribution >= 0.6 is 0 Å². The highest BCUT2D eigenvalue weighted by atomic mass is 16.6. The van der Waals surface area contributed by atoms with E-state index in [0.717, 1.165) is 24.1 Å². The quantitative estimate of drug-likeness (QED) is 0.905. The van der Waals surface area contributed by atoms with Gasteiger partial charge >= 0.3 is 6.09 Å². The lowest BCUT2D eigenvalue weighted by atomic mass is 10.1. The Morgan fingerprint density at radius 1 is 1.28 bits per heavy atom. The van der Waals surface area contributed by atoms with Crippen LogP contribution in [0.25, 0.3) is 11.3 Å². The molecule has 0 aliphatic carbocycles. The van der Waals surface area contributed by atoms with Crippen LogP contribution in [0, 0.1) is 0 Å². The molecule has 1 aliphatic rings. The highest BCUT2D eigenvalue weighted by Crippen LogP contribution is 2.26. The molecule has 0 atom stereocenters. The number of hydrogen-bond donors (Lipinski definition) is 1. The molecule has 3 rings (SSSR count). The van der Waals surface area contributed by atoms with E-state index in [0.29, 0.717) is 13.1 Å². The normalized spacial score (nSPS) is 16.0. The molecule has 2 aromatic heterocycles. The van der Waals surface area contributed by atoms with Crippen LogP contribution in [0.5, 0.6) is 5.75 Å². The summed E-state index contributed by atoms with van der Waals surface area (Å²) in [6.45, 7) is 6.93. The Morgan fingerprint density at radius 3 is 2.64 bits per heavy atom. The van der Waals surface area contributed by atoms with E-state index in [2.05, 4.69) is 10.1 Å². The summed E-state index contributed by atoms with van der Waals surface area (Å²) < 4.78 is 7.36. The van der Waals surface area contributed by atoms with E-state index in [-0.39, 0.29) is 17.9 Å². The van der Waals surface area contributed by atoms with Gasteiger partial charge < -0.3 is 14.7 Å². The fourth-order valence-corrected chi connectivity index (χ4v) is 2.90. The smallest absolute Gasteiger partial charge is 0.410 e. The first-order valence-corrected chi connectivity index (χ1v) is 8.49. The van der Waals surface area contributed by atoms with Crippen molar-refractivity contribution in [3.63, 3.8) is 0 Å². The van der Waals surface area contributed by atoms with Gasteiger partial charge in [-0.1, -0.05) is 0 Å². The van der Waals surface area contributed by atoms with Crippen molar-refractivity contribution in [2.24, 2.45) is 0 Å². The van der Waals surface area contributed by atoms with E-state index < -0.39 is 5.60 Å². The monoisotopic (exact) mass is 344 g/mol. The summed E-state index contributed by atoms with van der Waals surface area (Å²) in [5.41, 5.74) is 1.09. The number of carbonyl (C=O) groups excluding carboxylic acids is 1. The van der Waals surface area contributed by atoms with Crippen molar-refractivity contribution in [1.29, 1.82) is 0 Å². The third kappa shape index (κ3) is 4.29. The van der Waals surface area contributed by atoms with Crippen molar-refractivity contribution in [2.75, 3.05) is 13.1 Å². The van der Waals surface area contributed by atoms with Gasteiger partial charge in [0.15, 0.2) is 0 Å². The zero-order chi connectivity index (χ0) is 18.0. The van der Waals surface area contributed by atoms with Crippen LogP contribution in [0.15, 0.2) is 30.7 Å². The summed E-state index contributed by atoms with van der Waals surface area (Å²) in [6.07, 6.45) is 6.42. The van der Waals surface area contributed by atoms with Gasteiger partial charge in [-0.2, -0.15) is 5.10 Å². The van der Waals surface area contributed by atoms with Crippen molar-refractivity contribution in [3.8, 4) is 17.0 Å². The highest BCUT2D eigenvalue weighted by molar-refractivity contribution is 5.68. The number of pyridine rings is 1. The molecule has 1 saturated heterocycles. The predicted molar refractivity (Wildman–Crippen MR) is 93.2 cm³/mol. The van der Waals surface area contributed by atoms with Gasteiger partial charge in [0, 0.05) is 31.0 Å². The van der Waals surface area contributed by atoms with Gasteiger partial charge in [-0.3, -0.25) is 9.67 Å². The molecule has 0 saturated carbocycles. The minimum absolute atomic E-state index is 0.123. The number of aromatic nitrogens is 3. The Bertz CT molecular complexity index is 743. The maximum atomic E-state index is 12.1. The maximum absolute atomic E-state index is 12.1. The molecular formula is C18H24N4O3. The van der Waals surface area contributed by atoms with Crippen molar-refractivity contribution in [2.45, 2.75) is 45.3 Å². The molecule has 2 aromatic rings. The number of amides is 1. The van der Waals surface area contributed by atoms with Crippen LogP contribution < -0.4 is 0 Å². The Kier molecular flexibility index (Phi) is 4.65. The summed E-state index contributed by atoms with van der Waals surface area (Å²) in [5, 5.41) is 14.2. The molecule has 0 bridgehead atoms. The van der Waals surface area contributed by atoms with Crippen LogP contribution in [0.3, 0.4) is 0 Å². The second kappa shape index (κ2) is 6.74.